The van der Waals surface area contributed by atoms with E-state index in [1.165, 1.54) is 17.7 Å². The molecule has 90 valence electrons. The third kappa shape index (κ3) is 3.60. The van der Waals surface area contributed by atoms with Gasteiger partial charge >= 0.3 is 0 Å². The minimum absolute atomic E-state index is 0.0787. The molecule has 1 nitrogen and oxygen atoms in total. The second-order valence-corrected chi connectivity index (χ2v) is 5.05. The zero-order valence-corrected chi connectivity index (χ0v) is 10.7. The van der Waals surface area contributed by atoms with Crippen LogP contribution < -0.4 is 5.32 Å². The minimum Gasteiger partial charge on any atom is -0.315 e. The van der Waals surface area contributed by atoms with Gasteiger partial charge in [-0.1, -0.05) is 32.9 Å². The zero-order chi connectivity index (χ0) is 12.2. The van der Waals surface area contributed by atoms with Crippen LogP contribution in [0.25, 0.3) is 0 Å². The van der Waals surface area contributed by atoms with Gasteiger partial charge in [0.2, 0.25) is 0 Å². The number of halogens is 1. The number of rotatable bonds is 5. The SMILES string of the molecule is CCNC(C)CC(C)(C)c1ccc(F)cc1. The summed E-state index contributed by atoms with van der Waals surface area (Å²) in [5.41, 5.74) is 1.27. The van der Waals surface area contributed by atoms with Gasteiger partial charge in [0, 0.05) is 6.04 Å². The van der Waals surface area contributed by atoms with E-state index in [2.05, 4.69) is 33.0 Å². The van der Waals surface area contributed by atoms with E-state index in [-0.39, 0.29) is 11.2 Å². The van der Waals surface area contributed by atoms with E-state index < -0.39 is 0 Å². The second-order valence-electron chi connectivity index (χ2n) is 5.05. The van der Waals surface area contributed by atoms with E-state index in [1.807, 2.05) is 12.1 Å². The number of hydrogen-bond acceptors (Lipinski definition) is 1. The maximum Gasteiger partial charge on any atom is 0.123 e. The summed E-state index contributed by atoms with van der Waals surface area (Å²) in [6.45, 7) is 9.69. The summed E-state index contributed by atoms with van der Waals surface area (Å²) >= 11 is 0. The summed E-state index contributed by atoms with van der Waals surface area (Å²) in [7, 11) is 0. The van der Waals surface area contributed by atoms with E-state index in [0.29, 0.717) is 6.04 Å². The van der Waals surface area contributed by atoms with Crippen LogP contribution in [0.1, 0.15) is 39.7 Å². The Morgan fingerprint density at radius 2 is 1.81 bits per heavy atom. The van der Waals surface area contributed by atoms with Gasteiger partial charge in [-0.05, 0) is 43.0 Å². The second kappa shape index (κ2) is 5.44. The van der Waals surface area contributed by atoms with Crippen molar-refractivity contribution in [2.45, 2.75) is 45.6 Å². The Bertz CT molecular complexity index is 316. The lowest BCUT2D eigenvalue weighted by atomic mass is 9.79. The van der Waals surface area contributed by atoms with Gasteiger partial charge in [0.05, 0.1) is 0 Å². The fourth-order valence-electron chi connectivity index (χ4n) is 2.21. The van der Waals surface area contributed by atoms with Crippen molar-refractivity contribution in [3.05, 3.63) is 35.6 Å². The Kier molecular flexibility index (Phi) is 4.48. The van der Waals surface area contributed by atoms with Gasteiger partial charge in [-0.3, -0.25) is 0 Å². The summed E-state index contributed by atoms with van der Waals surface area (Å²) in [5.74, 6) is -0.167. The van der Waals surface area contributed by atoms with Gasteiger partial charge in [0.15, 0.2) is 0 Å². The van der Waals surface area contributed by atoms with Crippen molar-refractivity contribution in [3.8, 4) is 0 Å². The molecule has 2 heteroatoms. The monoisotopic (exact) mass is 223 g/mol. The Labute approximate surface area is 98.1 Å². The number of benzene rings is 1. The highest BCUT2D eigenvalue weighted by atomic mass is 19.1. The molecule has 1 aromatic rings. The van der Waals surface area contributed by atoms with Crippen molar-refractivity contribution in [2.24, 2.45) is 0 Å². The molecule has 0 aliphatic carbocycles. The predicted octanol–water partition coefficient (Wildman–Crippen LogP) is 3.49. The molecule has 0 aromatic heterocycles. The Balaban J connectivity index is 2.72. The van der Waals surface area contributed by atoms with Crippen LogP contribution in [0.5, 0.6) is 0 Å². The van der Waals surface area contributed by atoms with Gasteiger partial charge in [-0.25, -0.2) is 4.39 Å². The normalized spacial score (nSPS) is 13.8. The smallest absolute Gasteiger partial charge is 0.123 e. The van der Waals surface area contributed by atoms with Crippen LogP contribution >= 0.6 is 0 Å². The highest BCUT2D eigenvalue weighted by Crippen LogP contribution is 2.28. The van der Waals surface area contributed by atoms with Crippen molar-refractivity contribution >= 4 is 0 Å². The Hall–Kier alpha value is -0.890. The lowest BCUT2D eigenvalue weighted by Gasteiger charge is -2.29. The lowest BCUT2D eigenvalue weighted by Crippen LogP contribution is -2.33. The average molecular weight is 223 g/mol. The van der Waals surface area contributed by atoms with Crippen LogP contribution in [-0.4, -0.2) is 12.6 Å². The van der Waals surface area contributed by atoms with E-state index in [1.54, 1.807) is 0 Å². The van der Waals surface area contributed by atoms with E-state index in [4.69, 9.17) is 0 Å². The lowest BCUT2D eigenvalue weighted by molar-refractivity contribution is 0.394. The van der Waals surface area contributed by atoms with E-state index in [0.717, 1.165) is 13.0 Å². The highest BCUT2D eigenvalue weighted by Gasteiger charge is 2.22. The largest absolute Gasteiger partial charge is 0.315 e. The summed E-state index contributed by atoms with van der Waals surface area (Å²) in [6.07, 6.45) is 1.05. The summed E-state index contributed by atoms with van der Waals surface area (Å²) in [6, 6.07) is 7.32. The van der Waals surface area contributed by atoms with Gasteiger partial charge < -0.3 is 5.32 Å². The van der Waals surface area contributed by atoms with Crippen LogP contribution in [0, 0.1) is 5.82 Å². The standard InChI is InChI=1S/C14H22FN/c1-5-16-11(2)10-14(3,4)12-6-8-13(15)9-7-12/h6-9,11,16H,5,10H2,1-4H3. The summed E-state index contributed by atoms with van der Waals surface area (Å²) in [5, 5.41) is 3.41. The molecule has 1 atom stereocenters. The Morgan fingerprint density at radius 3 is 2.31 bits per heavy atom. The molecule has 0 aliphatic heterocycles. The molecule has 0 saturated heterocycles. The molecule has 0 amide bonds. The molecule has 1 N–H and O–H groups in total. The highest BCUT2D eigenvalue weighted by molar-refractivity contribution is 5.24. The maximum absolute atomic E-state index is 12.8. The van der Waals surface area contributed by atoms with Crippen molar-refractivity contribution in [1.29, 1.82) is 0 Å². The summed E-state index contributed by atoms with van der Waals surface area (Å²) < 4.78 is 12.8. The van der Waals surface area contributed by atoms with Crippen LogP contribution in [0.3, 0.4) is 0 Å². The molecule has 0 fully saturated rings. The van der Waals surface area contributed by atoms with Crippen molar-refractivity contribution in [3.63, 3.8) is 0 Å². The Morgan fingerprint density at radius 1 is 1.25 bits per heavy atom. The van der Waals surface area contributed by atoms with Crippen LogP contribution in [-0.2, 0) is 5.41 Å². The minimum atomic E-state index is -0.167. The molecule has 1 unspecified atom stereocenters. The molecular formula is C14H22FN. The van der Waals surface area contributed by atoms with Gasteiger partial charge in [-0.15, -0.1) is 0 Å². The molecule has 0 bridgehead atoms. The maximum atomic E-state index is 12.8. The predicted molar refractivity (Wildman–Crippen MR) is 67.2 cm³/mol. The first kappa shape index (κ1) is 13.2. The molecule has 1 aromatic carbocycles. The van der Waals surface area contributed by atoms with Gasteiger partial charge in [0.25, 0.3) is 0 Å². The molecule has 0 spiro atoms. The fourth-order valence-corrected chi connectivity index (χ4v) is 2.21. The average Bonchev–Trinajstić information content (AvgIpc) is 2.17. The molecule has 0 saturated carbocycles. The fraction of sp³-hybridized carbons (Fsp3) is 0.571. The molecule has 0 radical (unpaired) electrons. The quantitative estimate of drug-likeness (QED) is 0.805. The molecule has 16 heavy (non-hydrogen) atoms. The topological polar surface area (TPSA) is 12.0 Å². The molecule has 1 rings (SSSR count). The number of nitrogens with one attached hydrogen (secondary N) is 1. The van der Waals surface area contributed by atoms with E-state index in [9.17, 15) is 4.39 Å². The molecular weight excluding hydrogens is 201 g/mol. The van der Waals surface area contributed by atoms with Crippen molar-refractivity contribution in [2.75, 3.05) is 6.54 Å². The third-order valence-electron chi connectivity index (χ3n) is 2.99. The first-order valence-corrected chi connectivity index (χ1v) is 5.95. The van der Waals surface area contributed by atoms with Crippen LogP contribution in [0.15, 0.2) is 24.3 Å². The van der Waals surface area contributed by atoms with Crippen molar-refractivity contribution < 1.29 is 4.39 Å². The van der Waals surface area contributed by atoms with Crippen LogP contribution in [0.2, 0.25) is 0 Å². The first-order valence-electron chi connectivity index (χ1n) is 5.95. The van der Waals surface area contributed by atoms with Crippen LogP contribution in [0.4, 0.5) is 4.39 Å². The first-order chi connectivity index (χ1) is 7.45. The van der Waals surface area contributed by atoms with Gasteiger partial charge in [0.1, 0.15) is 5.82 Å². The van der Waals surface area contributed by atoms with Crippen molar-refractivity contribution in [1.82, 2.24) is 5.32 Å². The van der Waals surface area contributed by atoms with E-state index >= 15 is 0 Å². The third-order valence-corrected chi connectivity index (χ3v) is 2.99. The van der Waals surface area contributed by atoms with Gasteiger partial charge in [-0.2, -0.15) is 0 Å². The molecule has 0 heterocycles. The number of hydrogen-bond donors (Lipinski definition) is 1. The summed E-state index contributed by atoms with van der Waals surface area (Å²) in [4.78, 5) is 0. The molecule has 0 aliphatic rings. The zero-order valence-electron chi connectivity index (χ0n) is 10.7.